The van der Waals surface area contributed by atoms with Crippen LogP contribution in [-0.2, 0) is 16.8 Å². The number of hydrogen-bond acceptors (Lipinski definition) is 4. The summed E-state index contributed by atoms with van der Waals surface area (Å²) in [6.07, 6.45) is 2.20. The lowest BCUT2D eigenvalue weighted by molar-refractivity contribution is -0.129. The molecule has 0 bridgehead atoms. The van der Waals surface area contributed by atoms with Gasteiger partial charge in [-0.3, -0.25) is 9.69 Å². The van der Waals surface area contributed by atoms with Gasteiger partial charge in [-0.05, 0) is 71.7 Å². The number of nitrogens with zero attached hydrogens (tertiary/aromatic N) is 2. The number of guanidine groups is 1. The molecule has 5 nitrogen and oxygen atoms in total. The van der Waals surface area contributed by atoms with Crippen molar-refractivity contribution in [3.63, 3.8) is 0 Å². The minimum Gasteiger partial charge on any atom is -0.435 e. The third-order valence-corrected chi connectivity index (χ3v) is 5.75. The fourth-order valence-corrected chi connectivity index (χ4v) is 3.95. The molecule has 1 heterocycles. The Morgan fingerprint density at radius 1 is 1.23 bits per heavy atom. The molecular weight excluding hydrogens is 395 g/mol. The van der Waals surface area contributed by atoms with Gasteiger partial charge in [0.05, 0.1) is 0 Å². The Morgan fingerprint density at radius 3 is 2.47 bits per heavy atom. The van der Waals surface area contributed by atoms with E-state index in [1.807, 2.05) is 0 Å². The third kappa shape index (κ3) is 3.20. The average molecular weight is 417 g/mol. The van der Waals surface area contributed by atoms with Crippen LogP contribution in [0.3, 0.4) is 0 Å². The van der Waals surface area contributed by atoms with Crippen molar-refractivity contribution < 1.29 is 22.7 Å². The highest BCUT2D eigenvalue weighted by atomic mass is 19.3. The molecule has 4 rings (SSSR count). The Labute approximate surface area is 172 Å². The van der Waals surface area contributed by atoms with Gasteiger partial charge in [0.25, 0.3) is 5.91 Å². The molecule has 0 spiro atoms. The van der Waals surface area contributed by atoms with Crippen molar-refractivity contribution in [2.45, 2.75) is 44.3 Å². The lowest BCUT2D eigenvalue weighted by Crippen LogP contribution is -2.41. The maximum Gasteiger partial charge on any atom is 0.387 e. The lowest BCUT2D eigenvalue weighted by Gasteiger charge is -2.27. The molecule has 1 saturated carbocycles. The summed E-state index contributed by atoms with van der Waals surface area (Å²) in [7, 11) is 1.52. The quantitative estimate of drug-likeness (QED) is 0.775. The topological polar surface area (TPSA) is 67.9 Å². The zero-order valence-corrected chi connectivity index (χ0v) is 16.7. The number of likely N-dealkylation sites (N-methyl/N-ethyl adjacent to an activating group) is 1. The van der Waals surface area contributed by atoms with Gasteiger partial charge in [0.2, 0.25) is 0 Å². The molecule has 1 amide bonds. The SMILES string of the molecule is CCc1cc([C@@]2(c3ccc(F)c(C4CC4)c3)N=C(N)N(C)C2=O)ccc1OC(F)F. The Kier molecular flexibility index (Phi) is 4.95. The van der Waals surface area contributed by atoms with Crippen molar-refractivity contribution in [3.05, 3.63) is 64.5 Å². The molecule has 2 aliphatic rings. The molecule has 0 saturated heterocycles. The molecule has 2 aromatic rings. The fraction of sp³-hybridized carbons (Fsp3) is 0.364. The highest BCUT2D eigenvalue weighted by Crippen LogP contribution is 2.45. The van der Waals surface area contributed by atoms with Gasteiger partial charge in [0, 0.05) is 7.05 Å². The number of aryl methyl sites for hydroxylation is 1. The van der Waals surface area contributed by atoms with Gasteiger partial charge in [-0.15, -0.1) is 0 Å². The van der Waals surface area contributed by atoms with E-state index in [2.05, 4.69) is 9.73 Å². The van der Waals surface area contributed by atoms with Gasteiger partial charge in [-0.25, -0.2) is 9.38 Å². The minimum atomic E-state index is -2.96. The maximum absolute atomic E-state index is 14.4. The summed E-state index contributed by atoms with van der Waals surface area (Å²) in [4.78, 5) is 19.1. The second-order valence-electron chi connectivity index (χ2n) is 7.61. The third-order valence-electron chi connectivity index (χ3n) is 5.75. The molecule has 1 aliphatic heterocycles. The number of aliphatic imine (C=N–C) groups is 1. The molecule has 0 radical (unpaired) electrons. The predicted octanol–water partition coefficient (Wildman–Crippen LogP) is 3.90. The van der Waals surface area contributed by atoms with Crippen LogP contribution in [-0.4, -0.2) is 30.4 Å². The van der Waals surface area contributed by atoms with E-state index in [9.17, 15) is 18.0 Å². The maximum atomic E-state index is 14.4. The summed E-state index contributed by atoms with van der Waals surface area (Å²) >= 11 is 0. The summed E-state index contributed by atoms with van der Waals surface area (Å²) in [5.74, 6) is -0.506. The number of amides is 1. The Morgan fingerprint density at radius 2 is 1.90 bits per heavy atom. The van der Waals surface area contributed by atoms with Crippen LogP contribution < -0.4 is 10.5 Å². The molecule has 1 atom stereocenters. The van der Waals surface area contributed by atoms with E-state index in [-0.39, 0.29) is 23.4 Å². The number of halogens is 3. The molecule has 0 unspecified atom stereocenters. The predicted molar refractivity (Wildman–Crippen MR) is 106 cm³/mol. The van der Waals surface area contributed by atoms with E-state index in [1.165, 1.54) is 36.2 Å². The lowest BCUT2D eigenvalue weighted by atomic mass is 9.81. The van der Waals surface area contributed by atoms with Gasteiger partial charge < -0.3 is 10.5 Å². The molecule has 2 aromatic carbocycles. The Hall–Kier alpha value is -3.03. The van der Waals surface area contributed by atoms with Crippen LogP contribution in [0.2, 0.25) is 0 Å². The van der Waals surface area contributed by atoms with Crippen molar-refractivity contribution in [1.82, 2.24) is 4.90 Å². The van der Waals surface area contributed by atoms with Crippen molar-refractivity contribution >= 4 is 11.9 Å². The van der Waals surface area contributed by atoms with Gasteiger partial charge in [-0.2, -0.15) is 8.78 Å². The molecular formula is C22H22F3N3O2. The number of rotatable bonds is 6. The number of carbonyl (C=O) groups excluding carboxylic acids is 1. The molecule has 158 valence electrons. The molecule has 30 heavy (non-hydrogen) atoms. The van der Waals surface area contributed by atoms with Crippen LogP contribution in [0.15, 0.2) is 41.4 Å². The van der Waals surface area contributed by atoms with E-state index in [4.69, 9.17) is 5.73 Å². The Bertz CT molecular complexity index is 1040. The normalized spacial score (nSPS) is 21.3. The van der Waals surface area contributed by atoms with E-state index in [1.54, 1.807) is 19.1 Å². The first-order chi connectivity index (χ1) is 14.3. The summed E-state index contributed by atoms with van der Waals surface area (Å²) in [6.45, 7) is -1.16. The van der Waals surface area contributed by atoms with Crippen LogP contribution in [0.25, 0.3) is 0 Å². The largest absolute Gasteiger partial charge is 0.435 e. The smallest absolute Gasteiger partial charge is 0.387 e. The molecule has 0 aromatic heterocycles. The first-order valence-corrected chi connectivity index (χ1v) is 9.79. The van der Waals surface area contributed by atoms with Crippen LogP contribution in [0, 0.1) is 5.82 Å². The van der Waals surface area contributed by atoms with Gasteiger partial charge in [-0.1, -0.05) is 19.1 Å². The molecule has 1 fully saturated rings. The summed E-state index contributed by atoms with van der Waals surface area (Å²) in [5.41, 5.74) is 6.49. The van der Waals surface area contributed by atoms with Crippen LogP contribution in [0.4, 0.5) is 13.2 Å². The Balaban J connectivity index is 1.91. The molecule has 8 heteroatoms. The number of ether oxygens (including phenoxy) is 1. The zero-order valence-electron chi connectivity index (χ0n) is 16.7. The summed E-state index contributed by atoms with van der Waals surface area (Å²) in [6, 6.07) is 9.12. The van der Waals surface area contributed by atoms with Crippen LogP contribution >= 0.6 is 0 Å². The van der Waals surface area contributed by atoms with Crippen molar-refractivity contribution in [3.8, 4) is 5.75 Å². The highest BCUT2D eigenvalue weighted by molar-refractivity contribution is 6.09. The second kappa shape index (κ2) is 7.34. The summed E-state index contributed by atoms with van der Waals surface area (Å²) in [5, 5.41) is 0. The monoisotopic (exact) mass is 417 g/mol. The number of carbonyl (C=O) groups is 1. The fourth-order valence-electron chi connectivity index (χ4n) is 3.95. The van der Waals surface area contributed by atoms with E-state index >= 15 is 0 Å². The summed E-state index contributed by atoms with van der Waals surface area (Å²) < 4.78 is 44.5. The minimum absolute atomic E-state index is 0.0308. The number of hydrogen-bond donors (Lipinski definition) is 1. The first-order valence-electron chi connectivity index (χ1n) is 9.79. The van der Waals surface area contributed by atoms with Gasteiger partial charge in [0.1, 0.15) is 11.6 Å². The average Bonchev–Trinajstić information content (AvgIpc) is 3.53. The number of alkyl halides is 2. The van der Waals surface area contributed by atoms with Crippen molar-refractivity contribution in [2.75, 3.05) is 7.05 Å². The van der Waals surface area contributed by atoms with Crippen LogP contribution in [0.1, 0.15) is 47.9 Å². The molecule has 2 N–H and O–H groups in total. The van der Waals surface area contributed by atoms with E-state index in [0.717, 1.165) is 12.8 Å². The van der Waals surface area contributed by atoms with Crippen molar-refractivity contribution in [1.29, 1.82) is 0 Å². The van der Waals surface area contributed by atoms with Gasteiger partial charge in [0.15, 0.2) is 11.5 Å². The zero-order chi connectivity index (χ0) is 21.6. The molecule has 1 aliphatic carbocycles. The number of nitrogens with two attached hydrogens (primary N) is 1. The second-order valence-corrected chi connectivity index (χ2v) is 7.61. The number of benzene rings is 2. The highest BCUT2D eigenvalue weighted by Gasteiger charge is 2.50. The van der Waals surface area contributed by atoms with Gasteiger partial charge >= 0.3 is 6.61 Å². The van der Waals surface area contributed by atoms with Crippen LogP contribution in [0.5, 0.6) is 5.75 Å². The van der Waals surface area contributed by atoms with Crippen molar-refractivity contribution in [2.24, 2.45) is 10.7 Å². The van der Waals surface area contributed by atoms with E-state index < -0.39 is 18.1 Å². The standard InChI is InChI=1S/C22H22F3N3O2/c1-3-12-10-14(7-9-18(12)30-20(24)25)22(19(29)28(2)21(26)27-22)15-6-8-17(23)16(11-15)13-4-5-13/h6-11,13,20H,3-5H2,1-2H3,(H2,26,27)/t22-/m0/s1. The van der Waals surface area contributed by atoms with E-state index in [0.29, 0.717) is 28.7 Å². The first kappa shape index (κ1) is 20.3.